The van der Waals surface area contributed by atoms with E-state index in [0.717, 1.165) is 11.8 Å². The van der Waals surface area contributed by atoms with Gasteiger partial charge in [0.1, 0.15) is 34.3 Å². The fourth-order valence-electron chi connectivity index (χ4n) is 3.50. The van der Waals surface area contributed by atoms with Gasteiger partial charge in [0.05, 0.1) is 11.7 Å². The number of aldehydes is 1. The molecule has 0 amide bonds. The van der Waals surface area contributed by atoms with Crippen LogP contribution >= 0.6 is 0 Å². The number of fused-ring (bicyclic) bond motifs is 1. The lowest BCUT2D eigenvalue weighted by Gasteiger charge is -2.28. The molecule has 0 spiro atoms. The van der Waals surface area contributed by atoms with E-state index in [9.17, 15) is 17.6 Å². The van der Waals surface area contributed by atoms with E-state index >= 15 is 0 Å². The first-order chi connectivity index (χ1) is 14.1. The summed E-state index contributed by atoms with van der Waals surface area (Å²) in [6.07, 6.45) is 0.858. The topological polar surface area (TPSA) is 60.4 Å². The highest BCUT2D eigenvalue weighted by atomic mass is 32.2. The third kappa shape index (κ3) is 3.84. The summed E-state index contributed by atoms with van der Waals surface area (Å²) >= 11 is 0. The van der Waals surface area contributed by atoms with E-state index in [1.807, 2.05) is 18.2 Å². The second kappa shape index (κ2) is 8.01. The van der Waals surface area contributed by atoms with Crippen molar-refractivity contribution in [2.24, 2.45) is 0 Å². The molecule has 0 aromatic heterocycles. The van der Waals surface area contributed by atoms with Gasteiger partial charge >= 0.3 is 0 Å². The number of allylic oxidation sites excluding steroid dienone is 1. The number of ether oxygens (including phenoxy) is 1. The molecule has 3 aromatic rings. The van der Waals surface area contributed by atoms with E-state index in [4.69, 9.17) is 4.74 Å². The van der Waals surface area contributed by atoms with Gasteiger partial charge in [-0.1, -0.05) is 54.6 Å². The van der Waals surface area contributed by atoms with Gasteiger partial charge < -0.3 is 9.53 Å². The summed E-state index contributed by atoms with van der Waals surface area (Å²) in [7, 11) is -2.52. The van der Waals surface area contributed by atoms with E-state index < -0.39 is 16.6 Å². The van der Waals surface area contributed by atoms with Crippen LogP contribution in [0.2, 0.25) is 0 Å². The zero-order valence-electron chi connectivity index (χ0n) is 15.2. The zero-order chi connectivity index (χ0) is 20.4. The normalized spacial score (nSPS) is 15.7. The van der Waals surface area contributed by atoms with E-state index in [0.29, 0.717) is 33.8 Å². The molecule has 1 atom stereocenters. The van der Waals surface area contributed by atoms with Crippen LogP contribution in [0.15, 0.2) is 72.8 Å². The molecule has 0 saturated heterocycles. The summed E-state index contributed by atoms with van der Waals surface area (Å²) in [5.74, 6) is 0.0887. The molecule has 0 fully saturated rings. The first kappa shape index (κ1) is 19.1. The molecule has 1 aliphatic rings. The van der Waals surface area contributed by atoms with Crippen LogP contribution in [0.25, 0.3) is 11.3 Å². The minimum absolute atomic E-state index is 0.0415. The molecule has 3 aromatic carbocycles. The van der Waals surface area contributed by atoms with Crippen LogP contribution in [-0.4, -0.2) is 14.7 Å². The van der Waals surface area contributed by atoms with Gasteiger partial charge in [-0.15, -0.1) is 0 Å². The molecule has 4 rings (SSSR count). The predicted molar refractivity (Wildman–Crippen MR) is 110 cm³/mol. The van der Waals surface area contributed by atoms with E-state index in [2.05, 4.69) is 0 Å². The molecule has 0 bridgehead atoms. The molecule has 1 heterocycles. The van der Waals surface area contributed by atoms with Gasteiger partial charge in [-0.3, -0.25) is 0 Å². The molecule has 0 radical (unpaired) electrons. The number of halogens is 1. The maximum Gasteiger partial charge on any atom is 0.144 e. The highest BCUT2D eigenvalue weighted by molar-refractivity contribution is 7.71. The first-order valence-electron chi connectivity index (χ1n) is 9.00. The fourth-order valence-corrected chi connectivity index (χ4v) is 4.01. The Balaban J connectivity index is 1.89. The Morgan fingerprint density at radius 1 is 0.897 bits per heavy atom. The summed E-state index contributed by atoms with van der Waals surface area (Å²) in [5.41, 5.74) is 3.43. The lowest BCUT2D eigenvalue weighted by atomic mass is 9.83. The maximum atomic E-state index is 13.5. The van der Waals surface area contributed by atoms with Gasteiger partial charge in [-0.25, -0.2) is 12.8 Å². The Bertz CT molecular complexity index is 1150. The summed E-state index contributed by atoms with van der Waals surface area (Å²) in [6, 6.07) is 20.2. The SMILES string of the molecule is O=CC1C(c2ccc(F)cc2)=C(c2ccc(C[SH](=O)=O)cc2)Oc2ccccc21. The van der Waals surface area contributed by atoms with Crippen LogP contribution in [0.4, 0.5) is 4.39 Å². The number of benzene rings is 3. The van der Waals surface area contributed by atoms with Gasteiger partial charge in [0.15, 0.2) is 0 Å². The van der Waals surface area contributed by atoms with Crippen molar-refractivity contribution >= 4 is 28.3 Å². The summed E-state index contributed by atoms with van der Waals surface area (Å²) in [6.45, 7) is 0. The van der Waals surface area contributed by atoms with Gasteiger partial charge in [0.2, 0.25) is 0 Å². The van der Waals surface area contributed by atoms with Gasteiger partial charge in [0, 0.05) is 16.7 Å². The Hall–Kier alpha value is -3.25. The Kier molecular flexibility index (Phi) is 5.27. The molecule has 6 heteroatoms. The minimum atomic E-state index is -2.52. The summed E-state index contributed by atoms with van der Waals surface area (Å²) < 4.78 is 41.6. The quantitative estimate of drug-likeness (QED) is 0.508. The van der Waals surface area contributed by atoms with Crippen molar-refractivity contribution in [2.75, 3.05) is 0 Å². The number of hydrogen-bond acceptors (Lipinski definition) is 4. The van der Waals surface area contributed by atoms with E-state index in [1.165, 1.54) is 12.1 Å². The summed E-state index contributed by atoms with van der Waals surface area (Å²) in [5, 5.41) is 0. The second-order valence-electron chi connectivity index (χ2n) is 6.69. The molecule has 0 N–H and O–H groups in total. The Morgan fingerprint density at radius 2 is 1.55 bits per heavy atom. The Labute approximate surface area is 169 Å². The van der Waals surface area contributed by atoms with Gasteiger partial charge in [-0.2, -0.15) is 0 Å². The standard InChI is InChI=1S/C23H17FO4S/c24-18-11-9-16(10-12-18)22-20(13-25)19-3-1-2-4-21(19)28-23(22)17-7-5-15(6-8-17)14-29(26)27/h1-13,20,29H,14H2. The predicted octanol–water partition coefficient (Wildman–Crippen LogP) is 4.18. The number of thiol groups is 1. The maximum absolute atomic E-state index is 13.5. The largest absolute Gasteiger partial charge is 0.456 e. The van der Waals surface area contributed by atoms with E-state index in [-0.39, 0.29) is 11.6 Å². The summed E-state index contributed by atoms with van der Waals surface area (Å²) in [4.78, 5) is 12.1. The lowest BCUT2D eigenvalue weighted by Crippen LogP contribution is -2.15. The molecule has 4 nitrogen and oxygen atoms in total. The smallest absolute Gasteiger partial charge is 0.144 e. The molecule has 0 saturated carbocycles. The Morgan fingerprint density at radius 3 is 2.21 bits per heavy atom. The number of para-hydroxylation sites is 1. The third-order valence-corrected chi connectivity index (χ3v) is 5.46. The average Bonchev–Trinajstić information content (AvgIpc) is 2.73. The molecule has 146 valence electrons. The van der Waals surface area contributed by atoms with Crippen molar-refractivity contribution in [1.29, 1.82) is 0 Å². The van der Waals surface area contributed by atoms with Crippen molar-refractivity contribution in [3.05, 3.63) is 101 Å². The molecular weight excluding hydrogens is 391 g/mol. The fraction of sp³-hybridized carbons (Fsp3) is 0.0870. The van der Waals surface area contributed by atoms with Crippen molar-refractivity contribution in [3.8, 4) is 5.75 Å². The third-order valence-electron chi connectivity index (χ3n) is 4.84. The number of carbonyl (C=O) groups is 1. The highest BCUT2D eigenvalue weighted by Crippen LogP contribution is 2.45. The average molecular weight is 408 g/mol. The van der Waals surface area contributed by atoms with Crippen LogP contribution in [-0.2, 0) is 21.3 Å². The molecule has 1 unspecified atom stereocenters. The molecule has 0 aliphatic carbocycles. The van der Waals surface area contributed by atoms with Crippen LogP contribution in [0, 0.1) is 5.82 Å². The van der Waals surface area contributed by atoms with E-state index in [1.54, 1.807) is 42.5 Å². The second-order valence-corrected chi connectivity index (χ2v) is 7.67. The number of carbonyl (C=O) groups excluding carboxylic acids is 1. The van der Waals surface area contributed by atoms with Crippen molar-refractivity contribution in [3.63, 3.8) is 0 Å². The van der Waals surface area contributed by atoms with Crippen LogP contribution in [0.3, 0.4) is 0 Å². The lowest BCUT2D eigenvalue weighted by molar-refractivity contribution is -0.108. The highest BCUT2D eigenvalue weighted by Gasteiger charge is 2.31. The first-order valence-corrected chi connectivity index (χ1v) is 10.4. The van der Waals surface area contributed by atoms with Gasteiger partial charge in [0.25, 0.3) is 0 Å². The van der Waals surface area contributed by atoms with Crippen molar-refractivity contribution < 1.29 is 22.3 Å². The molecular formula is C23H17FO4S. The van der Waals surface area contributed by atoms with Crippen molar-refractivity contribution in [2.45, 2.75) is 11.7 Å². The molecule has 1 aliphatic heterocycles. The van der Waals surface area contributed by atoms with Gasteiger partial charge in [-0.05, 0) is 29.3 Å². The number of rotatable bonds is 5. The van der Waals surface area contributed by atoms with Crippen LogP contribution in [0.1, 0.15) is 28.2 Å². The van der Waals surface area contributed by atoms with Crippen LogP contribution < -0.4 is 4.74 Å². The molecule has 29 heavy (non-hydrogen) atoms. The minimum Gasteiger partial charge on any atom is -0.456 e. The van der Waals surface area contributed by atoms with Crippen molar-refractivity contribution in [1.82, 2.24) is 0 Å². The van der Waals surface area contributed by atoms with Crippen LogP contribution in [0.5, 0.6) is 5.75 Å². The number of hydrogen-bond donors (Lipinski definition) is 1. The zero-order valence-corrected chi connectivity index (χ0v) is 16.1. The monoisotopic (exact) mass is 408 g/mol.